The highest BCUT2D eigenvalue weighted by atomic mass is 16.5. The van der Waals surface area contributed by atoms with Gasteiger partial charge in [-0.15, -0.1) is 0 Å². The van der Waals surface area contributed by atoms with Gasteiger partial charge in [0, 0.05) is 17.8 Å². The number of aromatic nitrogens is 3. The summed E-state index contributed by atoms with van der Waals surface area (Å²) in [7, 11) is 1.58. The number of methoxy groups -OCH3 is 1. The van der Waals surface area contributed by atoms with E-state index in [9.17, 15) is 9.59 Å². The van der Waals surface area contributed by atoms with Crippen LogP contribution < -0.4 is 10.1 Å². The SMILES string of the molecule is COc1ccc(-c2nn(Cc3ccccc3)cc2C(=O)OCC(=O)Nc2ccon2)cc1. The molecule has 9 heteroatoms. The van der Waals surface area contributed by atoms with Gasteiger partial charge in [0.15, 0.2) is 12.4 Å². The van der Waals surface area contributed by atoms with Gasteiger partial charge in [0.05, 0.1) is 13.7 Å². The van der Waals surface area contributed by atoms with E-state index in [4.69, 9.17) is 9.47 Å². The highest BCUT2D eigenvalue weighted by Gasteiger charge is 2.21. The van der Waals surface area contributed by atoms with E-state index in [2.05, 4.69) is 20.1 Å². The second-order valence-corrected chi connectivity index (χ2v) is 6.81. The molecule has 2 aromatic carbocycles. The van der Waals surface area contributed by atoms with E-state index in [1.165, 1.54) is 12.3 Å². The maximum atomic E-state index is 12.8. The summed E-state index contributed by atoms with van der Waals surface area (Å²) in [6.07, 6.45) is 2.94. The fraction of sp³-hybridized carbons (Fsp3) is 0.130. The lowest BCUT2D eigenvalue weighted by atomic mass is 10.1. The molecule has 0 atom stereocenters. The van der Waals surface area contributed by atoms with E-state index in [0.717, 1.165) is 11.1 Å². The topological polar surface area (TPSA) is 108 Å². The third-order valence-electron chi connectivity index (χ3n) is 4.57. The van der Waals surface area contributed by atoms with Gasteiger partial charge in [0.25, 0.3) is 5.91 Å². The van der Waals surface area contributed by atoms with E-state index in [1.807, 2.05) is 42.5 Å². The molecule has 0 aliphatic rings. The van der Waals surface area contributed by atoms with Crippen LogP contribution in [-0.2, 0) is 16.1 Å². The molecule has 0 fully saturated rings. The zero-order valence-corrected chi connectivity index (χ0v) is 17.2. The van der Waals surface area contributed by atoms with Crippen LogP contribution in [0.3, 0.4) is 0 Å². The maximum Gasteiger partial charge on any atom is 0.342 e. The molecule has 0 unspecified atom stereocenters. The number of carbonyl (C=O) groups is 2. The minimum Gasteiger partial charge on any atom is -0.497 e. The first kappa shape index (κ1) is 20.9. The molecular formula is C23H20N4O5. The lowest BCUT2D eigenvalue weighted by molar-refractivity contribution is -0.119. The Kier molecular flexibility index (Phi) is 6.26. The van der Waals surface area contributed by atoms with E-state index in [0.29, 0.717) is 18.0 Å². The van der Waals surface area contributed by atoms with Gasteiger partial charge >= 0.3 is 5.97 Å². The third-order valence-corrected chi connectivity index (χ3v) is 4.57. The average molecular weight is 432 g/mol. The highest BCUT2D eigenvalue weighted by Crippen LogP contribution is 2.25. The summed E-state index contributed by atoms with van der Waals surface area (Å²) in [4.78, 5) is 24.8. The number of ether oxygens (including phenoxy) is 2. The molecule has 0 spiro atoms. The number of carbonyl (C=O) groups excluding carboxylic acids is 2. The Morgan fingerprint density at radius 3 is 2.53 bits per heavy atom. The van der Waals surface area contributed by atoms with E-state index in [1.54, 1.807) is 30.1 Å². The van der Waals surface area contributed by atoms with Crippen molar-refractivity contribution in [3.8, 4) is 17.0 Å². The van der Waals surface area contributed by atoms with Gasteiger partial charge in [0.2, 0.25) is 0 Å². The molecule has 0 radical (unpaired) electrons. The molecule has 0 bridgehead atoms. The smallest absolute Gasteiger partial charge is 0.342 e. The molecular weight excluding hydrogens is 412 g/mol. The number of nitrogens with zero attached hydrogens (tertiary/aromatic N) is 3. The molecule has 1 amide bonds. The van der Waals surface area contributed by atoms with Crippen molar-refractivity contribution in [2.45, 2.75) is 6.54 Å². The maximum absolute atomic E-state index is 12.8. The number of esters is 1. The van der Waals surface area contributed by atoms with E-state index < -0.39 is 18.5 Å². The molecule has 2 aromatic heterocycles. The quantitative estimate of drug-likeness (QED) is 0.425. The Balaban J connectivity index is 1.55. The van der Waals surface area contributed by atoms with Crippen molar-refractivity contribution >= 4 is 17.7 Å². The van der Waals surface area contributed by atoms with Gasteiger partial charge in [-0.3, -0.25) is 9.48 Å². The summed E-state index contributed by atoms with van der Waals surface area (Å²) in [5.74, 6) is -0.271. The van der Waals surface area contributed by atoms with E-state index >= 15 is 0 Å². The molecule has 32 heavy (non-hydrogen) atoms. The number of amides is 1. The van der Waals surface area contributed by atoms with Crippen molar-refractivity contribution in [1.29, 1.82) is 0 Å². The molecule has 0 saturated carbocycles. The Morgan fingerprint density at radius 1 is 1.06 bits per heavy atom. The summed E-state index contributed by atoms with van der Waals surface area (Å²) >= 11 is 0. The lowest BCUT2D eigenvalue weighted by Crippen LogP contribution is -2.21. The molecule has 2 heterocycles. The van der Waals surface area contributed by atoms with Crippen LogP contribution >= 0.6 is 0 Å². The highest BCUT2D eigenvalue weighted by molar-refractivity contribution is 5.98. The number of rotatable bonds is 8. The molecule has 0 saturated heterocycles. The van der Waals surface area contributed by atoms with Crippen molar-refractivity contribution in [3.05, 3.63) is 84.3 Å². The van der Waals surface area contributed by atoms with Crippen molar-refractivity contribution in [2.75, 3.05) is 19.0 Å². The van der Waals surface area contributed by atoms with Gasteiger partial charge < -0.3 is 19.3 Å². The second kappa shape index (κ2) is 9.61. The number of hydrogen-bond donors (Lipinski definition) is 1. The first-order chi connectivity index (χ1) is 15.6. The number of anilines is 1. The Morgan fingerprint density at radius 2 is 1.84 bits per heavy atom. The summed E-state index contributed by atoms with van der Waals surface area (Å²) in [5, 5.41) is 10.6. The van der Waals surface area contributed by atoms with Crippen molar-refractivity contribution < 1.29 is 23.6 Å². The van der Waals surface area contributed by atoms with Crippen LogP contribution in [0.2, 0.25) is 0 Å². The predicted octanol–water partition coefficient (Wildman–Crippen LogP) is 3.39. The third kappa shape index (κ3) is 5.01. The number of hydrogen-bond acceptors (Lipinski definition) is 7. The standard InChI is InChI=1S/C23H20N4O5/c1-30-18-9-7-17(8-10-18)22-19(14-27(25-22)13-16-5-3-2-4-6-16)23(29)31-15-21(28)24-20-11-12-32-26-20/h2-12,14H,13,15H2,1H3,(H,24,26,28). The van der Waals surface area contributed by atoms with Crippen LogP contribution in [0, 0.1) is 0 Å². The summed E-state index contributed by atoms with van der Waals surface area (Å²) < 4.78 is 16.7. The minimum atomic E-state index is -0.662. The Bertz CT molecular complexity index is 1190. The summed E-state index contributed by atoms with van der Waals surface area (Å²) in [6.45, 7) is 0.00152. The van der Waals surface area contributed by atoms with Gasteiger partial charge in [0.1, 0.15) is 23.3 Å². The molecule has 162 valence electrons. The zero-order chi connectivity index (χ0) is 22.3. The van der Waals surface area contributed by atoms with Gasteiger partial charge in [-0.1, -0.05) is 35.5 Å². The first-order valence-electron chi connectivity index (χ1n) is 9.75. The lowest BCUT2D eigenvalue weighted by Gasteiger charge is -2.05. The average Bonchev–Trinajstić information content (AvgIpc) is 3.48. The normalized spacial score (nSPS) is 10.5. The van der Waals surface area contributed by atoms with Crippen LogP contribution in [0.15, 0.2) is 77.6 Å². The van der Waals surface area contributed by atoms with Crippen LogP contribution in [-0.4, -0.2) is 40.5 Å². The van der Waals surface area contributed by atoms with Crippen molar-refractivity contribution in [2.24, 2.45) is 0 Å². The monoisotopic (exact) mass is 432 g/mol. The molecule has 4 rings (SSSR count). The summed E-state index contributed by atoms with van der Waals surface area (Å²) in [5.41, 5.74) is 2.45. The van der Waals surface area contributed by atoms with E-state index in [-0.39, 0.29) is 11.4 Å². The van der Waals surface area contributed by atoms with Crippen LogP contribution in [0.4, 0.5) is 5.82 Å². The predicted molar refractivity (Wildman–Crippen MR) is 115 cm³/mol. The fourth-order valence-corrected chi connectivity index (χ4v) is 3.05. The molecule has 4 aromatic rings. The fourth-order valence-electron chi connectivity index (χ4n) is 3.05. The van der Waals surface area contributed by atoms with Gasteiger partial charge in [-0.2, -0.15) is 5.10 Å². The summed E-state index contributed by atoms with van der Waals surface area (Å²) in [6, 6.07) is 18.4. The Labute approximate surface area is 183 Å². The number of nitrogens with one attached hydrogen (secondary N) is 1. The van der Waals surface area contributed by atoms with Gasteiger partial charge in [-0.25, -0.2) is 4.79 Å². The molecule has 0 aliphatic carbocycles. The number of benzene rings is 2. The zero-order valence-electron chi connectivity index (χ0n) is 17.2. The van der Waals surface area contributed by atoms with Gasteiger partial charge in [-0.05, 0) is 29.8 Å². The van der Waals surface area contributed by atoms with Crippen molar-refractivity contribution in [1.82, 2.24) is 14.9 Å². The molecule has 1 N–H and O–H groups in total. The Hall–Kier alpha value is -4.40. The van der Waals surface area contributed by atoms with Crippen LogP contribution in [0.1, 0.15) is 15.9 Å². The second-order valence-electron chi connectivity index (χ2n) is 6.81. The molecule has 0 aliphatic heterocycles. The van der Waals surface area contributed by atoms with Crippen molar-refractivity contribution in [3.63, 3.8) is 0 Å². The van der Waals surface area contributed by atoms with Crippen LogP contribution in [0.25, 0.3) is 11.3 Å². The minimum absolute atomic E-state index is 0.237. The molecule has 9 nitrogen and oxygen atoms in total. The largest absolute Gasteiger partial charge is 0.497 e. The first-order valence-corrected chi connectivity index (χ1v) is 9.75. The van der Waals surface area contributed by atoms with Crippen LogP contribution in [0.5, 0.6) is 5.75 Å².